The van der Waals surface area contributed by atoms with Gasteiger partial charge in [0.2, 0.25) is 0 Å². The highest BCUT2D eigenvalue weighted by molar-refractivity contribution is 7.07. The van der Waals surface area contributed by atoms with Crippen molar-refractivity contribution in [2.45, 2.75) is 13.0 Å². The molecule has 0 saturated heterocycles. The molecule has 35 heavy (non-hydrogen) atoms. The summed E-state index contributed by atoms with van der Waals surface area (Å²) in [5.41, 5.74) is 1.41. The molecule has 2 aromatic carbocycles. The van der Waals surface area contributed by atoms with Gasteiger partial charge in [-0.05, 0) is 36.3 Å². The van der Waals surface area contributed by atoms with Gasteiger partial charge in [-0.3, -0.25) is 19.5 Å². The number of nitro benzene ring substituents is 1. The molecule has 9 nitrogen and oxygen atoms in total. The molecule has 0 saturated carbocycles. The van der Waals surface area contributed by atoms with Crippen LogP contribution in [0.25, 0.3) is 6.08 Å². The van der Waals surface area contributed by atoms with Crippen LogP contribution >= 0.6 is 11.3 Å². The summed E-state index contributed by atoms with van der Waals surface area (Å²) in [7, 11) is 1.55. The molecule has 4 rings (SSSR count). The number of carbonyl (C=O) groups excluding carboxylic acids is 1. The van der Waals surface area contributed by atoms with E-state index in [2.05, 4.69) is 11.6 Å². The molecule has 2 heterocycles. The Hall–Kier alpha value is -4.31. The number of benzene rings is 2. The lowest BCUT2D eigenvalue weighted by Gasteiger charge is -2.24. The molecule has 0 amide bonds. The van der Waals surface area contributed by atoms with Gasteiger partial charge in [0.05, 0.1) is 33.9 Å². The highest BCUT2D eigenvalue weighted by Crippen LogP contribution is 2.31. The van der Waals surface area contributed by atoms with E-state index in [0.29, 0.717) is 31.9 Å². The first-order valence-corrected chi connectivity index (χ1v) is 11.3. The monoisotopic (exact) mass is 491 g/mol. The van der Waals surface area contributed by atoms with Gasteiger partial charge in [0, 0.05) is 12.1 Å². The zero-order valence-electron chi connectivity index (χ0n) is 19.0. The predicted octanol–water partition coefficient (Wildman–Crippen LogP) is 2.88. The minimum absolute atomic E-state index is 0.0160. The van der Waals surface area contributed by atoms with E-state index in [1.165, 1.54) is 22.8 Å². The van der Waals surface area contributed by atoms with E-state index in [0.717, 1.165) is 11.3 Å². The second-order valence-electron chi connectivity index (χ2n) is 7.59. The molecule has 0 aliphatic carbocycles. The fraction of sp³-hybridized carbons (Fsp3) is 0.160. The lowest BCUT2D eigenvalue weighted by atomic mass is 9.96. The maximum absolute atomic E-state index is 13.6. The zero-order chi connectivity index (χ0) is 25.1. The van der Waals surface area contributed by atoms with E-state index in [-0.39, 0.29) is 23.4 Å². The lowest BCUT2D eigenvalue weighted by molar-refractivity contribution is -0.384. The summed E-state index contributed by atoms with van der Waals surface area (Å²) in [4.78, 5) is 42.1. The number of carbonyl (C=O) groups is 1. The summed E-state index contributed by atoms with van der Waals surface area (Å²) in [5.74, 6) is 0.0308. The van der Waals surface area contributed by atoms with Crippen molar-refractivity contribution in [2.75, 3.05) is 13.7 Å². The van der Waals surface area contributed by atoms with E-state index >= 15 is 0 Å². The van der Waals surface area contributed by atoms with E-state index < -0.39 is 16.9 Å². The van der Waals surface area contributed by atoms with Crippen LogP contribution in [-0.4, -0.2) is 29.2 Å². The third-order valence-corrected chi connectivity index (χ3v) is 6.37. The standard InChI is InChI=1S/C25H21N3O6S/c1-4-12-34-24(30)21-15(2)26-25-27(22(21)17-8-10-19(33-3)11-9-17)23(29)20(35-25)14-16-6-5-7-18(13-16)28(31)32/h4-11,13-14,22H,1,12H2,2-3H3/b20-14+. The zero-order valence-corrected chi connectivity index (χ0v) is 19.8. The summed E-state index contributed by atoms with van der Waals surface area (Å²) >= 11 is 1.14. The quantitative estimate of drug-likeness (QED) is 0.217. The number of nitrogens with zero attached hydrogens (tertiary/aromatic N) is 3. The average Bonchev–Trinajstić information content (AvgIpc) is 3.16. The Kier molecular flexibility index (Phi) is 6.74. The molecule has 0 fully saturated rings. The average molecular weight is 492 g/mol. The van der Waals surface area contributed by atoms with Gasteiger partial charge < -0.3 is 9.47 Å². The van der Waals surface area contributed by atoms with Crippen LogP contribution in [0.3, 0.4) is 0 Å². The van der Waals surface area contributed by atoms with E-state index in [1.54, 1.807) is 56.5 Å². The predicted molar refractivity (Wildman–Crippen MR) is 131 cm³/mol. The van der Waals surface area contributed by atoms with Crippen LogP contribution in [0, 0.1) is 10.1 Å². The fourth-order valence-corrected chi connectivity index (χ4v) is 4.82. The molecule has 1 aliphatic rings. The summed E-state index contributed by atoms with van der Waals surface area (Å²) in [6.07, 6.45) is 3.04. The van der Waals surface area contributed by atoms with Gasteiger partial charge in [0.15, 0.2) is 4.80 Å². The first-order chi connectivity index (χ1) is 16.8. The summed E-state index contributed by atoms with van der Waals surface area (Å²) in [5, 5.41) is 11.1. The summed E-state index contributed by atoms with van der Waals surface area (Å²) in [6, 6.07) is 12.3. The third-order valence-electron chi connectivity index (χ3n) is 5.38. The molecule has 1 unspecified atom stereocenters. The van der Waals surface area contributed by atoms with Gasteiger partial charge in [-0.1, -0.05) is 48.3 Å². The van der Waals surface area contributed by atoms with Crippen molar-refractivity contribution in [1.82, 2.24) is 4.57 Å². The first-order valence-electron chi connectivity index (χ1n) is 10.5. The van der Waals surface area contributed by atoms with Crippen LogP contribution in [0.5, 0.6) is 5.75 Å². The van der Waals surface area contributed by atoms with Crippen LogP contribution in [0.15, 0.2) is 82.2 Å². The number of aromatic nitrogens is 1. The van der Waals surface area contributed by atoms with Crippen LogP contribution in [0.4, 0.5) is 5.69 Å². The van der Waals surface area contributed by atoms with Crippen LogP contribution in [0.1, 0.15) is 24.1 Å². The Morgan fingerprint density at radius 2 is 2.03 bits per heavy atom. The minimum atomic E-state index is -0.776. The van der Waals surface area contributed by atoms with Crippen molar-refractivity contribution >= 4 is 29.1 Å². The molecule has 0 radical (unpaired) electrons. The van der Waals surface area contributed by atoms with Crippen molar-refractivity contribution in [3.05, 3.63) is 113 Å². The van der Waals surface area contributed by atoms with Gasteiger partial charge >= 0.3 is 5.97 Å². The number of thiazole rings is 1. The number of fused-ring (bicyclic) bond motifs is 1. The van der Waals surface area contributed by atoms with Crippen molar-refractivity contribution in [3.8, 4) is 5.75 Å². The summed E-state index contributed by atoms with van der Waals surface area (Å²) in [6.45, 7) is 5.28. The molecular weight excluding hydrogens is 470 g/mol. The molecule has 3 aromatic rings. The Bertz CT molecular complexity index is 1530. The molecular formula is C25H21N3O6S. The summed E-state index contributed by atoms with van der Waals surface area (Å²) < 4.78 is 12.3. The van der Waals surface area contributed by atoms with Crippen LogP contribution in [-0.2, 0) is 9.53 Å². The van der Waals surface area contributed by atoms with Gasteiger partial charge in [-0.25, -0.2) is 9.79 Å². The van der Waals surface area contributed by atoms with E-state index in [4.69, 9.17) is 9.47 Å². The van der Waals surface area contributed by atoms with Crippen LogP contribution in [0.2, 0.25) is 0 Å². The number of non-ortho nitro benzene ring substituents is 1. The van der Waals surface area contributed by atoms with Crippen molar-refractivity contribution in [2.24, 2.45) is 4.99 Å². The maximum atomic E-state index is 13.6. The smallest absolute Gasteiger partial charge is 0.338 e. The molecule has 0 bridgehead atoms. The molecule has 0 spiro atoms. The largest absolute Gasteiger partial charge is 0.497 e. The Morgan fingerprint density at radius 1 is 1.29 bits per heavy atom. The third kappa shape index (κ3) is 4.69. The van der Waals surface area contributed by atoms with E-state index in [1.807, 2.05) is 0 Å². The van der Waals surface area contributed by atoms with Crippen molar-refractivity contribution in [3.63, 3.8) is 0 Å². The second kappa shape index (κ2) is 9.90. The normalized spacial score (nSPS) is 15.3. The number of rotatable bonds is 7. The molecule has 10 heteroatoms. The van der Waals surface area contributed by atoms with Crippen molar-refractivity contribution in [1.29, 1.82) is 0 Å². The van der Waals surface area contributed by atoms with Crippen molar-refractivity contribution < 1.29 is 19.2 Å². The number of hydrogen-bond acceptors (Lipinski definition) is 8. The van der Waals surface area contributed by atoms with Gasteiger partial charge in [0.25, 0.3) is 11.2 Å². The molecule has 0 N–H and O–H groups in total. The number of nitro groups is 1. The highest BCUT2D eigenvalue weighted by atomic mass is 32.1. The fourth-order valence-electron chi connectivity index (χ4n) is 3.78. The van der Waals surface area contributed by atoms with Gasteiger partial charge in [-0.2, -0.15) is 0 Å². The number of allylic oxidation sites excluding steroid dienone is 1. The lowest BCUT2D eigenvalue weighted by Crippen LogP contribution is -2.39. The Morgan fingerprint density at radius 3 is 2.69 bits per heavy atom. The topological polar surface area (TPSA) is 113 Å². The Balaban J connectivity index is 1.91. The molecule has 1 atom stereocenters. The first kappa shape index (κ1) is 23.8. The SMILES string of the molecule is C=CCOC(=O)C1=C(C)N=c2s/c(=C/c3cccc([N+](=O)[O-])c3)c(=O)n2C1c1ccc(OC)cc1. The number of ether oxygens (including phenoxy) is 2. The number of methoxy groups -OCH3 is 1. The van der Waals surface area contributed by atoms with Crippen LogP contribution < -0.4 is 19.6 Å². The molecule has 1 aromatic heterocycles. The number of esters is 1. The minimum Gasteiger partial charge on any atom is -0.497 e. The Labute approximate surface area is 203 Å². The molecule has 1 aliphatic heterocycles. The van der Waals surface area contributed by atoms with E-state index in [9.17, 15) is 19.7 Å². The second-order valence-corrected chi connectivity index (χ2v) is 8.60. The van der Waals surface area contributed by atoms with Gasteiger partial charge in [0.1, 0.15) is 12.4 Å². The number of hydrogen-bond donors (Lipinski definition) is 0. The van der Waals surface area contributed by atoms with Gasteiger partial charge in [-0.15, -0.1) is 0 Å². The maximum Gasteiger partial charge on any atom is 0.338 e. The highest BCUT2D eigenvalue weighted by Gasteiger charge is 2.33. The molecule has 178 valence electrons.